The molecule has 2 aromatic heterocycles. The van der Waals surface area contributed by atoms with Gasteiger partial charge in [-0.15, -0.1) is 0 Å². The van der Waals surface area contributed by atoms with Gasteiger partial charge in [-0.05, 0) is 19.9 Å². The highest BCUT2D eigenvalue weighted by Crippen LogP contribution is 2.31. The highest BCUT2D eigenvalue weighted by Gasteiger charge is 2.33. The Morgan fingerprint density at radius 1 is 1.06 bits per heavy atom. The minimum Gasteiger partial charge on any atom is -0.382 e. The fraction of sp³-hybridized carbons (Fsp3) is 0.304. The molecule has 0 spiro atoms. The number of nitrogen functional groups attached to an aromatic ring is 1. The molecule has 160 valence electrons. The first-order valence-corrected chi connectivity index (χ1v) is 10.2. The Bertz CT molecular complexity index is 1170. The van der Waals surface area contributed by atoms with Crippen molar-refractivity contribution in [2.45, 2.75) is 26.0 Å². The summed E-state index contributed by atoms with van der Waals surface area (Å²) >= 11 is 0. The molecule has 0 atom stereocenters. The summed E-state index contributed by atoms with van der Waals surface area (Å²) < 4.78 is 6.88. The van der Waals surface area contributed by atoms with Crippen molar-refractivity contribution in [2.24, 2.45) is 0 Å². The summed E-state index contributed by atoms with van der Waals surface area (Å²) in [5.41, 5.74) is 8.75. The smallest absolute Gasteiger partial charge is 0.276 e. The Labute approximate surface area is 180 Å². The van der Waals surface area contributed by atoms with Crippen LogP contribution in [-0.2, 0) is 4.74 Å². The number of carbonyl (C=O) groups is 1. The number of aromatic nitrogens is 3. The highest BCUT2D eigenvalue weighted by molar-refractivity contribution is 5.98. The van der Waals surface area contributed by atoms with Crippen molar-refractivity contribution in [1.29, 1.82) is 0 Å². The van der Waals surface area contributed by atoms with E-state index in [1.807, 2.05) is 44.2 Å². The standard InChI is InChI=1S/C23H25N5O3/c1-14(2)28-11-16(9-10-18(28)29)20-19(15-7-5-4-6-8-15)26-22(24)21(25-20)23(30)27-12-17(13-27)31-3/h4-11,14,17H,12-13H2,1-3H3,(H2,24,26). The van der Waals surface area contributed by atoms with Crippen molar-refractivity contribution in [3.63, 3.8) is 0 Å². The Kier molecular flexibility index (Phi) is 5.56. The molecule has 0 radical (unpaired) electrons. The van der Waals surface area contributed by atoms with Crippen LogP contribution in [0.2, 0.25) is 0 Å². The van der Waals surface area contributed by atoms with Crippen LogP contribution in [0.25, 0.3) is 22.5 Å². The summed E-state index contributed by atoms with van der Waals surface area (Å²) in [5, 5.41) is 0. The molecule has 1 aliphatic heterocycles. The molecular formula is C23H25N5O3. The Hall–Kier alpha value is -3.52. The minimum atomic E-state index is -0.281. The van der Waals surface area contributed by atoms with Crippen LogP contribution in [0.5, 0.6) is 0 Å². The van der Waals surface area contributed by atoms with Crippen molar-refractivity contribution in [1.82, 2.24) is 19.4 Å². The van der Waals surface area contributed by atoms with Gasteiger partial charge in [-0.3, -0.25) is 9.59 Å². The van der Waals surface area contributed by atoms with E-state index in [1.165, 1.54) is 6.07 Å². The van der Waals surface area contributed by atoms with Crippen LogP contribution >= 0.6 is 0 Å². The summed E-state index contributed by atoms with van der Waals surface area (Å²) in [6, 6.07) is 12.7. The number of benzene rings is 1. The summed E-state index contributed by atoms with van der Waals surface area (Å²) in [6.45, 7) is 4.85. The normalized spacial score (nSPS) is 14.0. The number of rotatable bonds is 5. The number of anilines is 1. The van der Waals surface area contributed by atoms with E-state index in [9.17, 15) is 9.59 Å². The van der Waals surface area contributed by atoms with E-state index in [-0.39, 0.29) is 35.1 Å². The van der Waals surface area contributed by atoms with E-state index in [1.54, 1.807) is 28.8 Å². The molecule has 3 aromatic rings. The number of methoxy groups -OCH3 is 1. The Balaban J connectivity index is 1.86. The van der Waals surface area contributed by atoms with Crippen molar-refractivity contribution in [3.8, 4) is 22.5 Å². The summed E-state index contributed by atoms with van der Waals surface area (Å²) in [5.74, 6) is -0.206. The first kappa shape index (κ1) is 20.7. The molecule has 0 aliphatic carbocycles. The van der Waals surface area contributed by atoms with Gasteiger partial charge in [0.1, 0.15) is 0 Å². The first-order chi connectivity index (χ1) is 14.9. The molecule has 0 bridgehead atoms. The van der Waals surface area contributed by atoms with Crippen LogP contribution in [0.15, 0.2) is 53.5 Å². The fourth-order valence-corrected chi connectivity index (χ4v) is 3.55. The van der Waals surface area contributed by atoms with Crippen molar-refractivity contribution in [2.75, 3.05) is 25.9 Å². The van der Waals surface area contributed by atoms with Crippen molar-refractivity contribution in [3.05, 3.63) is 64.7 Å². The number of ether oxygens (including phenoxy) is 1. The third kappa shape index (κ3) is 3.94. The molecule has 31 heavy (non-hydrogen) atoms. The predicted molar refractivity (Wildman–Crippen MR) is 119 cm³/mol. The largest absolute Gasteiger partial charge is 0.382 e. The number of carbonyl (C=O) groups excluding carboxylic acids is 1. The molecule has 8 nitrogen and oxygen atoms in total. The van der Waals surface area contributed by atoms with Gasteiger partial charge in [-0.1, -0.05) is 30.3 Å². The van der Waals surface area contributed by atoms with Crippen LogP contribution in [0, 0.1) is 0 Å². The third-order valence-electron chi connectivity index (χ3n) is 5.41. The van der Waals surface area contributed by atoms with Crippen molar-refractivity contribution < 1.29 is 9.53 Å². The maximum absolute atomic E-state index is 13.0. The molecule has 8 heteroatoms. The molecule has 4 rings (SSSR count). The number of likely N-dealkylation sites (tertiary alicyclic amines) is 1. The third-order valence-corrected chi connectivity index (χ3v) is 5.41. The Morgan fingerprint density at radius 2 is 1.74 bits per heavy atom. The Morgan fingerprint density at radius 3 is 2.39 bits per heavy atom. The summed E-state index contributed by atoms with van der Waals surface area (Å²) in [4.78, 5) is 36.1. The van der Waals surface area contributed by atoms with Gasteiger partial charge in [0.15, 0.2) is 11.5 Å². The zero-order chi connectivity index (χ0) is 22.1. The lowest BCUT2D eigenvalue weighted by Crippen LogP contribution is -2.54. The molecule has 3 heterocycles. The van der Waals surface area contributed by atoms with Gasteiger partial charge in [-0.2, -0.15) is 0 Å². The van der Waals surface area contributed by atoms with Crippen molar-refractivity contribution >= 4 is 11.7 Å². The molecule has 1 aromatic carbocycles. The molecule has 0 saturated carbocycles. The van der Waals surface area contributed by atoms with Gasteiger partial charge in [0.2, 0.25) is 0 Å². The number of hydrogen-bond donors (Lipinski definition) is 1. The lowest BCUT2D eigenvalue weighted by atomic mass is 10.0. The molecule has 1 aliphatic rings. The maximum atomic E-state index is 13.0. The first-order valence-electron chi connectivity index (χ1n) is 10.2. The van der Waals surface area contributed by atoms with Crippen LogP contribution in [0.1, 0.15) is 30.4 Å². The summed E-state index contributed by atoms with van der Waals surface area (Å²) in [7, 11) is 1.62. The molecule has 1 saturated heterocycles. The molecule has 2 N–H and O–H groups in total. The van der Waals surface area contributed by atoms with Gasteiger partial charge in [0, 0.05) is 49.6 Å². The van der Waals surface area contributed by atoms with Crippen LogP contribution in [-0.4, -0.2) is 51.6 Å². The number of pyridine rings is 1. The van der Waals surface area contributed by atoms with Gasteiger partial charge < -0.3 is 19.9 Å². The molecular weight excluding hydrogens is 394 g/mol. The van der Waals surface area contributed by atoms with Crippen LogP contribution in [0.4, 0.5) is 5.82 Å². The average molecular weight is 419 g/mol. The zero-order valence-corrected chi connectivity index (χ0v) is 17.8. The van der Waals surface area contributed by atoms with E-state index in [4.69, 9.17) is 10.5 Å². The fourth-order valence-electron chi connectivity index (χ4n) is 3.55. The minimum absolute atomic E-state index is 0.0239. The SMILES string of the molecule is COC1CN(C(=O)c2nc(-c3ccc(=O)n(C(C)C)c3)c(-c3ccccc3)nc2N)C1. The highest BCUT2D eigenvalue weighted by atomic mass is 16.5. The quantitative estimate of drug-likeness (QED) is 0.682. The molecule has 1 amide bonds. The zero-order valence-electron chi connectivity index (χ0n) is 17.8. The predicted octanol–water partition coefficient (Wildman–Crippen LogP) is 2.61. The van der Waals surface area contributed by atoms with Gasteiger partial charge in [0.05, 0.1) is 17.5 Å². The second-order valence-electron chi connectivity index (χ2n) is 7.85. The van der Waals surface area contributed by atoms with Gasteiger partial charge in [-0.25, -0.2) is 9.97 Å². The van der Waals surface area contributed by atoms with E-state index < -0.39 is 0 Å². The maximum Gasteiger partial charge on any atom is 0.276 e. The van der Waals surface area contributed by atoms with E-state index >= 15 is 0 Å². The molecule has 0 unspecified atom stereocenters. The van der Waals surface area contributed by atoms with Gasteiger partial charge >= 0.3 is 0 Å². The van der Waals surface area contributed by atoms with Gasteiger partial charge in [0.25, 0.3) is 11.5 Å². The number of amides is 1. The lowest BCUT2D eigenvalue weighted by Gasteiger charge is -2.37. The van der Waals surface area contributed by atoms with E-state index in [2.05, 4.69) is 9.97 Å². The number of nitrogens with zero attached hydrogens (tertiary/aromatic N) is 4. The van der Waals surface area contributed by atoms with E-state index in [0.29, 0.717) is 30.0 Å². The average Bonchev–Trinajstić information content (AvgIpc) is 2.73. The molecule has 1 fully saturated rings. The summed E-state index contributed by atoms with van der Waals surface area (Å²) in [6.07, 6.45) is 1.77. The van der Waals surface area contributed by atoms with E-state index in [0.717, 1.165) is 5.56 Å². The monoisotopic (exact) mass is 419 g/mol. The second kappa shape index (κ2) is 8.31. The van der Waals surface area contributed by atoms with Crippen LogP contribution < -0.4 is 11.3 Å². The lowest BCUT2D eigenvalue weighted by molar-refractivity contribution is -0.0194. The number of nitrogens with two attached hydrogens (primary N) is 1. The topological polar surface area (TPSA) is 103 Å². The second-order valence-corrected chi connectivity index (χ2v) is 7.85. The van der Waals surface area contributed by atoms with Crippen LogP contribution in [0.3, 0.4) is 0 Å². The number of hydrogen-bond acceptors (Lipinski definition) is 6.